The topological polar surface area (TPSA) is 128 Å². The summed E-state index contributed by atoms with van der Waals surface area (Å²) >= 11 is 0. The molecule has 3 rings (SSSR count). The van der Waals surface area contributed by atoms with Crippen LogP contribution in [-0.4, -0.2) is 44.6 Å². The first-order valence-corrected chi connectivity index (χ1v) is 9.29. The summed E-state index contributed by atoms with van der Waals surface area (Å²) < 4.78 is 6.42. The summed E-state index contributed by atoms with van der Waals surface area (Å²) in [6.07, 6.45) is 1.57. The largest absolute Gasteiger partial charge is 0.451 e. The molecule has 0 spiro atoms. The number of rotatable bonds is 7. The lowest BCUT2D eigenvalue weighted by molar-refractivity contribution is -0.141. The highest BCUT2D eigenvalue weighted by molar-refractivity contribution is 6.15. The number of aryl methyl sites for hydroxylation is 1. The fraction of sp³-hybridized carbons (Fsp3) is 0.143. The van der Waals surface area contributed by atoms with Crippen LogP contribution in [0.15, 0.2) is 54.6 Å². The van der Waals surface area contributed by atoms with E-state index in [0.29, 0.717) is 17.2 Å². The molecule has 0 radical (unpaired) electrons. The number of hydrogen-bond donors (Lipinski definition) is 2. The lowest BCUT2D eigenvalue weighted by Crippen LogP contribution is -2.23. The van der Waals surface area contributed by atoms with Crippen molar-refractivity contribution >= 4 is 40.9 Å². The number of aromatic nitrogens is 4. The molecule has 10 nitrogen and oxygen atoms in total. The third-order valence-electron chi connectivity index (χ3n) is 3.97. The number of benzene rings is 2. The number of hydrogen-bond acceptors (Lipinski definition) is 7. The first-order chi connectivity index (χ1) is 14.9. The number of tetrazole rings is 1. The maximum Gasteiger partial charge on any atom is 0.357 e. The molecule has 10 heteroatoms. The second-order valence-corrected chi connectivity index (χ2v) is 6.46. The Morgan fingerprint density at radius 2 is 1.74 bits per heavy atom. The Kier molecular flexibility index (Phi) is 6.84. The zero-order chi connectivity index (χ0) is 22.2. The van der Waals surface area contributed by atoms with Gasteiger partial charge >= 0.3 is 5.97 Å². The van der Waals surface area contributed by atoms with Crippen molar-refractivity contribution in [3.63, 3.8) is 0 Å². The molecule has 1 aromatic heterocycles. The summed E-state index contributed by atoms with van der Waals surface area (Å²) in [4.78, 5) is 36.1. The van der Waals surface area contributed by atoms with E-state index in [4.69, 9.17) is 4.74 Å². The molecular formula is C21H20N6O4. The zero-order valence-corrected chi connectivity index (χ0v) is 16.9. The summed E-state index contributed by atoms with van der Waals surface area (Å²) in [7, 11) is 0. The third-order valence-corrected chi connectivity index (χ3v) is 3.97. The first-order valence-electron chi connectivity index (χ1n) is 9.29. The molecule has 2 N–H and O–H groups in total. The van der Waals surface area contributed by atoms with E-state index in [1.165, 1.54) is 11.6 Å². The molecule has 0 aliphatic heterocycles. The van der Waals surface area contributed by atoms with Crippen LogP contribution in [0.25, 0.3) is 11.8 Å². The summed E-state index contributed by atoms with van der Waals surface area (Å²) in [6.45, 7) is 2.51. The fourth-order valence-corrected chi connectivity index (χ4v) is 2.65. The Morgan fingerprint density at radius 3 is 2.39 bits per heavy atom. The van der Waals surface area contributed by atoms with Crippen molar-refractivity contribution in [2.24, 2.45) is 0 Å². The monoisotopic (exact) mass is 420 g/mol. The second-order valence-electron chi connectivity index (χ2n) is 6.46. The van der Waals surface area contributed by atoms with Crippen LogP contribution in [0.2, 0.25) is 0 Å². The highest BCUT2D eigenvalue weighted by Gasteiger charge is 2.19. The van der Waals surface area contributed by atoms with Crippen LogP contribution in [0.5, 0.6) is 0 Å². The standard InChI is InChI=1S/C21H20N6O4/c1-14-24-25-26-27(14)19(11-16-7-4-3-5-8-16)21(30)31-13-20(29)23-18-10-6-9-17(12-18)22-15(2)28/h3-12H,13H2,1-2H3,(H,22,28)(H,23,29)/b19-11-. The predicted molar refractivity (Wildman–Crippen MR) is 113 cm³/mol. The van der Waals surface area contributed by atoms with Gasteiger partial charge in [0.15, 0.2) is 18.1 Å². The van der Waals surface area contributed by atoms with Crippen molar-refractivity contribution in [2.45, 2.75) is 13.8 Å². The quantitative estimate of drug-likeness (QED) is 0.442. The van der Waals surface area contributed by atoms with Gasteiger partial charge in [-0.1, -0.05) is 36.4 Å². The molecule has 1 heterocycles. The molecule has 0 saturated carbocycles. The van der Waals surface area contributed by atoms with Crippen LogP contribution in [0.1, 0.15) is 18.3 Å². The predicted octanol–water partition coefficient (Wildman–Crippen LogP) is 2.12. The van der Waals surface area contributed by atoms with E-state index in [0.717, 1.165) is 5.56 Å². The van der Waals surface area contributed by atoms with Gasteiger partial charge in [0.05, 0.1) is 0 Å². The molecule has 0 aliphatic carbocycles. The van der Waals surface area contributed by atoms with Crippen LogP contribution in [0.3, 0.4) is 0 Å². The van der Waals surface area contributed by atoms with Crippen molar-refractivity contribution < 1.29 is 19.1 Å². The molecule has 0 unspecified atom stereocenters. The van der Waals surface area contributed by atoms with E-state index in [2.05, 4.69) is 26.2 Å². The van der Waals surface area contributed by atoms with Gasteiger partial charge in [-0.15, -0.1) is 5.10 Å². The number of anilines is 2. The molecule has 0 bridgehead atoms. The fourth-order valence-electron chi connectivity index (χ4n) is 2.65. The molecule has 0 saturated heterocycles. The molecule has 2 aromatic carbocycles. The Hall–Kier alpha value is -4.34. The Bertz CT molecular complexity index is 1120. The molecule has 158 valence electrons. The Balaban J connectivity index is 1.68. The molecule has 0 aliphatic rings. The normalized spacial score (nSPS) is 11.0. The van der Waals surface area contributed by atoms with Crippen molar-refractivity contribution in [3.8, 4) is 0 Å². The zero-order valence-electron chi connectivity index (χ0n) is 16.9. The summed E-state index contributed by atoms with van der Waals surface area (Å²) in [5.41, 5.74) is 1.78. The number of esters is 1. The van der Waals surface area contributed by atoms with Gasteiger partial charge in [0.25, 0.3) is 5.91 Å². The van der Waals surface area contributed by atoms with Gasteiger partial charge < -0.3 is 15.4 Å². The molecule has 3 aromatic rings. The highest BCUT2D eigenvalue weighted by atomic mass is 16.5. The van der Waals surface area contributed by atoms with Crippen LogP contribution >= 0.6 is 0 Å². The molecule has 0 atom stereocenters. The van der Waals surface area contributed by atoms with Crippen molar-refractivity contribution in [2.75, 3.05) is 17.2 Å². The van der Waals surface area contributed by atoms with Gasteiger partial charge in [0, 0.05) is 18.3 Å². The average Bonchev–Trinajstić information content (AvgIpc) is 3.16. The van der Waals surface area contributed by atoms with Gasteiger partial charge in [-0.05, 0) is 47.2 Å². The lowest BCUT2D eigenvalue weighted by Gasteiger charge is -2.10. The van der Waals surface area contributed by atoms with E-state index in [1.807, 2.05) is 30.3 Å². The van der Waals surface area contributed by atoms with E-state index in [1.54, 1.807) is 37.3 Å². The summed E-state index contributed by atoms with van der Waals surface area (Å²) in [5, 5.41) is 16.4. The number of ether oxygens (including phenoxy) is 1. The average molecular weight is 420 g/mol. The molecular weight excluding hydrogens is 400 g/mol. The van der Waals surface area contributed by atoms with Crippen LogP contribution in [0.4, 0.5) is 11.4 Å². The van der Waals surface area contributed by atoms with E-state index >= 15 is 0 Å². The first kappa shape index (κ1) is 21.4. The summed E-state index contributed by atoms with van der Waals surface area (Å²) in [5.74, 6) is -1.14. The van der Waals surface area contributed by atoms with Gasteiger partial charge in [-0.3, -0.25) is 9.59 Å². The van der Waals surface area contributed by atoms with E-state index in [9.17, 15) is 14.4 Å². The molecule has 2 amide bonds. The smallest absolute Gasteiger partial charge is 0.357 e. The minimum Gasteiger partial charge on any atom is -0.451 e. The SMILES string of the molecule is CC(=O)Nc1cccc(NC(=O)COC(=O)/C(=C/c2ccccc2)n2nnnc2C)c1. The van der Waals surface area contributed by atoms with Crippen LogP contribution in [-0.2, 0) is 19.1 Å². The molecule has 31 heavy (non-hydrogen) atoms. The summed E-state index contributed by atoms with van der Waals surface area (Å²) in [6, 6.07) is 15.7. The van der Waals surface area contributed by atoms with Gasteiger partial charge in [-0.25, -0.2) is 4.79 Å². The minimum absolute atomic E-state index is 0.0640. The number of carbonyl (C=O) groups is 3. The van der Waals surface area contributed by atoms with Crippen molar-refractivity contribution in [3.05, 3.63) is 66.0 Å². The minimum atomic E-state index is -0.763. The van der Waals surface area contributed by atoms with Crippen molar-refractivity contribution in [1.29, 1.82) is 0 Å². The Labute approximate surface area is 177 Å². The van der Waals surface area contributed by atoms with Crippen molar-refractivity contribution in [1.82, 2.24) is 20.2 Å². The second kappa shape index (κ2) is 9.92. The Morgan fingerprint density at radius 1 is 1.03 bits per heavy atom. The van der Waals surface area contributed by atoms with Gasteiger partial charge in [0.2, 0.25) is 5.91 Å². The maximum atomic E-state index is 12.7. The highest BCUT2D eigenvalue weighted by Crippen LogP contribution is 2.16. The van der Waals surface area contributed by atoms with E-state index in [-0.39, 0.29) is 11.6 Å². The number of amides is 2. The van der Waals surface area contributed by atoms with Gasteiger partial charge in [-0.2, -0.15) is 4.68 Å². The number of carbonyl (C=O) groups excluding carboxylic acids is 3. The van der Waals surface area contributed by atoms with Crippen LogP contribution in [0, 0.1) is 6.92 Å². The number of nitrogens with zero attached hydrogens (tertiary/aromatic N) is 4. The number of nitrogens with one attached hydrogen (secondary N) is 2. The maximum absolute atomic E-state index is 12.7. The molecule has 0 fully saturated rings. The van der Waals surface area contributed by atoms with E-state index < -0.39 is 18.5 Å². The third kappa shape index (κ3) is 6.07. The lowest BCUT2D eigenvalue weighted by atomic mass is 10.2. The van der Waals surface area contributed by atoms with Gasteiger partial charge in [0.1, 0.15) is 0 Å². The van der Waals surface area contributed by atoms with Crippen LogP contribution < -0.4 is 10.6 Å².